The number of benzene rings is 1. The van der Waals surface area contributed by atoms with E-state index in [4.69, 9.17) is 19.8 Å². The summed E-state index contributed by atoms with van der Waals surface area (Å²) in [6.07, 6.45) is 0. The van der Waals surface area contributed by atoms with Crippen molar-refractivity contribution in [1.82, 2.24) is 0 Å². The van der Waals surface area contributed by atoms with Crippen molar-refractivity contribution in [2.45, 2.75) is 13.0 Å². The number of nitrogens with two attached hydrogens (primary N) is 1. The van der Waals surface area contributed by atoms with Crippen molar-refractivity contribution in [1.29, 1.82) is 0 Å². The van der Waals surface area contributed by atoms with E-state index in [1.54, 1.807) is 25.3 Å². The number of methoxy groups -OCH3 is 1. The molecule has 3 N–H and O–H groups in total. The minimum atomic E-state index is -1.91. The van der Waals surface area contributed by atoms with Crippen LogP contribution in [0, 0.1) is 0 Å². The van der Waals surface area contributed by atoms with E-state index in [1.807, 2.05) is 6.92 Å². The van der Waals surface area contributed by atoms with E-state index >= 15 is 0 Å². The summed E-state index contributed by atoms with van der Waals surface area (Å²) in [5.41, 5.74) is 6.55. The first-order valence-corrected chi connectivity index (χ1v) is 6.49. The van der Waals surface area contributed by atoms with Crippen LogP contribution < -0.4 is 15.2 Å². The molecule has 17 heavy (non-hydrogen) atoms. The summed E-state index contributed by atoms with van der Waals surface area (Å²) < 4.78 is 30.0. The summed E-state index contributed by atoms with van der Waals surface area (Å²) in [7, 11) is 1.56. The zero-order valence-electron chi connectivity index (χ0n) is 9.88. The van der Waals surface area contributed by atoms with Crippen molar-refractivity contribution in [2.24, 2.45) is 5.73 Å². The molecule has 5 nitrogen and oxygen atoms in total. The Bertz CT molecular complexity index is 397. The van der Waals surface area contributed by atoms with Crippen LogP contribution in [-0.2, 0) is 11.1 Å². The molecule has 0 fully saturated rings. The van der Waals surface area contributed by atoms with Crippen LogP contribution >= 0.6 is 0 Å². The summed E-state index contributed by atoms with van der Waals surface area (Å²) in [5.74, 6) is 1.21. The highest BCUT2D eigenvalue weighted by Crippen LogP contribution is 2.29. The van der Waals surface area contributed by atoms with Crippen molar-refractivity contribution in [3.63, 3.8) is 0 Å². The highest BCUT2D eigenvalue weighted by atomic mass is 32.2. The van der Waals surface area contributed by atoms with Gasteiger partial charge in [-0.3, -0.25) is 0 Å². The lowest BCUT2D eigenvalue weighted by Gasteiger charge is -2.14. The molecule has 6 heteroatoms. The van der Waals surface area contributed by atoms with Crippen LogP contribution in [0.5, 0.6) is 11.5 Å². The first kappa shape index (κ1) is 14.0. The monoisotopic (exact) mass is 259 g/mol. The standard InChI is InChI=1S/C11H17NO4S/c1-3-16-11-6-8(4-5-10(11)15-2)9(12)7-17(13)14/h4-6,9H,3,7,12H2,1-2H3,(H,13,14)/t9-/m0/s1. The van der Waals surface area contributed by atoms with Crippen LogP contribution in [0.15, 0.2) is 18.2 Å². The number of rotatable bonds is 6. The van der Waals surface area contributed by atoms with E-state index in [-0.39, 0.29) is 5.75 Å². The second-order valence-electron chi connectivity index (χ2n) is 3.44. The Morgan fingerprint density at radius 2 is 2.18 bits per heavy atom. The maximum absolute atomic E-state index is 10.7. The van der Waals surface area contributed by atoms with Crippen molar-refractivity contribution < 1.29 is 18.2 Å². The lowest BCUT2D eigenvalue weighted by molar-refractivity contribution is 0.310. The Morgan fingerprint density at radius 1 is 1.47 bits per heavy atom. The van der Waals surface area contributed by atoms with Crippen molar-refractivity contribution >= 4 is 11.1 Å². The molecule has 1 aromatic carbocycles. The number of ether oxygens (including phenoxy) is 2. The van der Waals surface area contributed by atoms with Gasteiger partial charge >= 0.3 is 0 Å². The van der Waals surface area contributed by atoms with Crippen LogP contribution in [0.2, 0.25) is 0 Å². The first-order valence-electron chi connectivity index (χ1n) is 5.22. The van der Waals surface area contributed by atoms with Gasteiger partial charge < -0.3 is 19.8 Å². The molecule has 0 aliphatic rings. The van der Waals surface area contributed by atoms with Crippen LogP contribution in [0.25, 0.3) is 0 Å². The maximum Gasteiger partial charge on any atom is 0.161 e. The molecule has 1 aromatic rings. The third kappa shape index (κ3) is 3.99. The van der Waals surface area contributed by atoms with Crippen molar-refractivity contribution in [3.8, 4) is 11.5 Å². The minimum absolute atomic E-state index is 0.00209. The van der Waals surface area contributed by atoms with E-state index in [0.717, 1.165) is 5.56 Å². The third-order valence-electron chi connectivity index (χ3n) is 2.24. The molecule has 0 amide bonds. The molecule has 96 valence electrons. The normalized spacial score (nSPS) is 14.1. The Balaban J connectivity index is 2.94. The summed E-state index contributed by atoms with van der Waals surface area (Å²) >= 11 is -1.91. The SMILES string of the molecule is CCOc1cc([C@@H](N)CS(=O)O)ccc1OC. The highest BCUT2D eigenvalue weighted by Gasteiger charge is 2.12. The molecule has 0 aromatic heterocycles. The molecule has 1 rings (SSSR count). The van der Waals surface area contributed by atoms with Crippen molar-refractivity contribution in [2.75, 3.05) is 19.5 Å². The lowest BCUT2D eigenvalue weighted by atomic mass is 10.1. The largest absolute Gasteiger partial charge is 0.493 e. The average molecular weight is 259 g/mol. The van der Waals surface area contributed by atoms with Crippen molar-refractivity contribution in [3.05, 3.63) is 23.8 Å². The molecule has 0 aliphatic carbocycles. The second-order valence-corrected chi connectivity index (χ2v) is 4.41. The predicted octanol–water partition coefficient (Wildman–Crippen LogP) is 1.32. The summed E-state index contributed by atoms with van der Waals surface area (Å²) in [4.78, 5) is 0. The predicted molar refractivity (Wildman–Crippen MR) is 66.7 cm³/mol. The number of hydrogen-bond donors (Lipinski definition) is 2. The van der Waals surface area contributed by atoms with Gasteiger partial charge in [-0.05, 0) is 24.6 Å². The zero-order valence-corrected chi connectivity index (χ0v) is 10.7. The molecule has 0 bridgehead atoms. The lowest BCUT2D eigenvalue weighted by Crippen LogP contribution is -2.18. The van der Waals surface area contributed by atoms with Gasteiger partial charge in [-0.25, -0.2) is 4.21 Å². The molecule has 1 unspecified atom stereocenters. The van der Waals surface area contributed by atoms with Crippen LogP contribution in [0.4, 0.5) is 0 Å². The third-order valence-corrected chi connectivity index (χ3v) is 2.88. The van der Waals surface area contributed by atoms with Gasteiger partial charge in [0.1, 0.15) is 0 Å². The topological polar surface area (TPSA) is 81.8 Å². The molecule has 0 saturated carbocycles. The summed E-state index contributed by atoms with van der Waals surface area (Å²) in [6.45, 7) is 2.38. The summed E-state index contributed by atoms with van der Waals surface area (Å²) in [6, 6.07) is 4.74. The average Bonchev–Trinajstić information content (AvgIpc) is 2.28. The fourth-order valence-electron chi connectivity index (χ4n) is 1.44. The molecule has 2 atom stereocenters. The number of hydrogen-bond acceptors (Lipinski definition) is 4. The first-order chi connectivity index (χ1) is 8.08. The van der Waals surface area contributed by atoms with Gasteiger partial charge in [0.05, 0.1) is 19.5 Å². The van der Waals surface area contributed by atoms with Crippen LogP contribution in [-0.4, -0.2) is 28.2 Å². The van der Waals surface area contributed by atoms with Gasteiger partial charge in [-0.15, -0.1) is 0 Å². The van der Waals surface area contributed by atoms with Crippen LogP contribution in [0.3, 0.4) is 0 Å². The Morgan fingerprint density at radius 3 is 2.71 bits per heavy atom. The second kappa shape index (κ2) is 6.58. The van der Waals surface area contributed by atoms with Gasteiger partial charge in [0.25, 0.3) is 0 Å². The van der Waals surface area contributed by atoms with Gasteiger partial charge in [-0.1, -0.05) is 6.07 Å². The Hall–Kier alpha value is -1.11. The Kier molecular flexibility index (Phi) is 5.40. The van der Waals surface area contributed by atoms with Gasteiger partial charge in [0.2, 0.25) is 0 Å². The zero-order chi connectivity index (χ0) is 12.8. The Labute approximate surface area is 103 Å². The molecular formula is C11H17NO4S. The molecule has 0 saturated heterocycles. The fourth-order valence-corrected chi connectivity index (χ4v) is 1.94. The van der Waals surface area contributed by atoms with Gasteiger partial charge in [0.15, 0.2) is 22.6 Å². The maximum atomic E-state index is 10.7. The van der Waals surface area contributed by atoms with E-state index in [9.17, 15) is 4.21 Å². The van der Waals surface area contributed by atoms with Crippen LogP contribution in [0.1, 0.15) is 18.5 Å². The van der Waals surface area contributed by atoms with E-state index in [1.165, 1.54) is 0 Å². The molecule has 0 radical (unpaired) electrons. The molecular weight excluding hydrogens is 242 g/mol. The molecule has 0 heterocycles. The van der Waals surface area contributed by atoms with Gasteiger partial charge in [0, 0.05) is 6.04 Å². The van der Waals surface area contributed by atoms with E-state index < -0.39 is 17.1 Å². The summed E-state index contributed by atoms with van der Waals surface area (Å²) in [5, 5.41) is 0. The highest BCUT2D eigenvalue weighted by molar-refractivity contribution is 7.79. The molecule has 0 aliphatic heterocycles. The quantitative estimate of drug-likeness (QED) is 0.753. The van der Waals surface area contributed by atoms with Gasteiger partial charge in [-0.2, -0.15) is 0 Å². The fraction of sp³-hybridized carbons (Fsp3) is 0.455. The molecule has 0 spiro atoms. The van der Waals surface area contributed by atoms with E-state index in [0.29, 0.717) is 18.1 Å². The van der Waals surface area contributed by atoms with E-state index in [2.05, 4.69) is 0 Å². The minimum Gasteiger partial charge on any atom is -0.493 e. The smallest absolute Gasteiger partial charge is 0.161 e.